The molecule has 0 aliphatic carbocycles. The molecule has 0 radical (unpaired) electrons. The first kappa shape index (κ1) is 16.0. The quantitative estimate of drug-likeness (QED) is 0.804. The summed E-state index contributed by atoms with van der Waals surface area (Å²) in [6, 6.07) is 8.29. The minimum atomic E-state index is -3.69. The molecule has 1 unspecified atom stereocenters. The number of aliphatic hydroxyl groups is 1. The fourth-order valence-electron chi connectivity index (χ4n) is 1.46. The molecule has 2 N–H and O–H groups in total. The van der Waals surface area contributed by atoms with Gasteiger partial charge in [0, 0.05) is 17.7 Å². The molecule has 0 amide bonds. The molecule has 1 atom stereocenters. The molecule has 6 heteroatoms. The van der Waals surface area contributed by atoms with Crippen molar-refractivity contribution in [3.63, 3.8) is 0 Å². The molecule has 0 fully saturated rings. The van der Waals surface area contributed by atoms with Crippen molar-refractivity contribution in [1.29, 1.82) is 5.26 Å². The van der Waals surface area contributed by atoms with E-state index in [9.17, 15) is 8.42 Å². The van der Waals surface area contributed by atoms with E-state index in [1.807, 2.05) is 0 Å². The molecule has 0 saturated carbocycles. The third-order valence-corrected chi connectivity index (χ3v) is 4.21. The predicted octanol–water partition coefficient (Wildman–Crippen LogP) is 1.46. The number of hydrogen-bond donors (Lipinski definition) is 2. The highest BCUT2D eigenvalue weighted by atomic mass is 32.2. The molecule has 1 rings (SSSR count). The molecule has 0 heterocycles. The van der Waals surface area contributed by atoms with Gasteiger partial charge in [0.2, 0.25) is 10.0 Å². The largest absolute Gasteiger partial charge is 0.395 e. The molecule has 0 saturated heterocycles. The van der Waals surface area contributed by atoms with Crippen LogP contribution in [0.3, 0.4) is 0 Å². The van der Waals surface area contributed by atoms with Gasteiger partial charge in [-0.3, -0.25) is 4.72 Å². The van der Waals surface area contributed by atoms with Gasteiger partial charge >= 0.3 is 0 Å². The zero-order valence-corrected chi connectivity index (χ0v) is 11.9. The second-order valence-electron chi connectivity index (χ2n) is 4.03. The highest BCUT2D eigenvalue weighted by molar-refractivity contribution is 7.93. The zero-order chi connectivity index (χ0) is 15.0. The summed E-state index contributed by atoms with van der Waals surface area (Å²) in [6.45, 7) is 1.66. The molecular formula is C14H16N2O3S. The summed E-state index contributed by atoms with van der Waals surface area (Å²) in [4.78, 5) is 0. The Morgan fingerprint density at radius 1 is 1.35 bits per heavy atom. The van der Waals surface area contributed by atoms with Crippen LogP contribution in [0.25, 0.3) is 0 Å². The van der Waals surface area contributed by atoms with Gasteiger partial charge in [-0.05, 0) is 30.7 Å². The van der Waals surface area contributed by atoms with Crippen molar-refractivity contribution in [2.75, 3.05) is 11.3 Å². The number of hydrogen-bond acceptors (Lipinski definition) is 4. The first-order chi connectivity index (χ1) is 9.53. The Labute approximate surface area is 119 Å². The first-order valence-electron chi connectivity index (χ1n) is 6.14. The van der Waals surface area contributed by atoms with E-state index >= 15 is 0 Å². The molecular weight excluding hydrogens is 276 g/mol. The molecule has 0 aliphatic heterocycles. The normalized spacial score (nSPS) is 11.8. The second-order valence-corrected chi connectivity index (χ2v) is 5.89. The number of nitrogens with one attached hydrogen (secondary N) is 1. The lowest BCUT2D eigenvalue weighted by molar-refractivity contribution is 0.305. The number of benzene rings is 1. The Hall–Kier alpha value is -2.02. The van der Waals surface area contributed by atoms with Crippen molar-refractivity contribution < 1.29 is 13.5 Å². The Morgan fingerprint density at radius 3 is 2.50 bits per heavy atom. The van der Waals surface area contributed by atoms with Crippen LogP contribution >= 0.6 is 0 Å². The number of anilines is 1. The minimum absolute atomic E-state index is 0.0114. The van der Waals surface area contributed by atoms with Crippen molar-refractivity contribution in [3.05, 3.63) is 29.8 Å². The van der Waals surface area contributed by atoms with Crippen LogP contribution in [-0.2, 0) is 10.0 Å². The van der Waals surface area contributed by atoms with Gasteiger partial charge in [0.15, 0.2) is 5.25 Å². The molecule has 20 heavy (non-hydrogen) atoms. The molecule has 0 bridgehead atoms. The molecule has 1 aromatic carbocycles. The summed E-state index contributed by atoms with van der Waals surface area (Å²) in [5.41, 5.74) is 1.13. The maximum Gasteiger partial charge on any atom is 0.249 e. The van der Waals surface area contributed by atoms with Crippen LogP contribution in [0, 0.1) is 23.2 Å². The van der Waals surface area contributed by atoms with Crippen LogP contribution in [-0.4, -0.2) is 25.4 Å². The SMILES string of the molecule is CCC(C#N)S(=O)(=O)Nc1ccc(C#CCCO)cc1. The molecule has 0 spiro atoms. The lowest BCUT2D eigenvalue weighted by atomic mass is 10.2. The van der Waals surface area contributed by atoms with E-state index in [1.54, 1.807) is 37.3 Å². The van der Waals surface area contributed by atoms with Gasteiger partial charge in [-0.25, -0.2) is 8.42 Å². The van der Waals surface area contributed by atoms with E-state index in [0.29, 0.717) is 12.1 Å². The Kier molecular flexibility index (Phi) is 6.05. The van der Waals surface area contributed by atoms with Crippen LogP contribution in [0.15, 0.2) is 24.3 Å². The average Bonchev–Trinajstić information content (AvgIpc) is 2.41. The van der Waals surface area contributed by atoms with Crippen LogP contribution < -0.4 is 4.72 Å². The van der Waals surface area contributed by atoms with Crippen molar-refractivity contribution in [1.82, 2.24) is 0 Å². The third-order valence-electron chi connectivity index (χ3n) is 2.50. The predicted molar refractivity (Wildman–Crippen MR) is 77.3 cm³/mol. The van der Waals surface area contributed by atoms with Crippen molar-refractivity contribution in [3.8, 4) is 17.9 Å². The monoisotopic (exact) mass is 292 g/mol. The van der Waals surface area contributed by atoms with E-state index in [2.05, 4.69) is 16.6 Å². The zero-order valence-electron chi connectivity index (χ0n) is 11.1. The van der Waals surface area contributed by atoms with E-state index < -0.39 is 15.3 Å². The van der Waals surface area contributed by atoms with Crippen molar-refractivity contribution >= 4 is 15.7 Å². The highest BCUT2D eigenvalue weighted by Gasteiger charge is 2.23. The molecule has 0 aliphatic rings. The lowest BCUT2D eigenvalue weighted by Gasteiger charge is -2.11. The average molecular weight is 292 g/mol. The van der Waals surface area contributed by atoms with Crippen molar-refractivity contribution in [2.45, 2.75) is 25.0 Å². The Bertz CT molecular complexity index is 634. The van der Waals surface area contributed by atoms with Crippen molar-refractivity contribution in [2.24, 2.45) is 0 Å². The highest BCUT2D eigenvalue weighted by Crippen LogP contribution is 2.14. The number of aliphatic hydroxyl groups excluding tert-OH is 1. The summed E-state index contributed by atoms with van der Waals surface area (Å²) in [7, 11) is -3.69. The van der Waals surface area contributed by atoms with E-state index in [1.165, 1.54) is 0 Å². The molecule has 1 aromatic rings. The van der Waals surface area contributed by atoms with Crippen LogP contribution in [0.4, 0.5) is 5.69 Å². The first-order valence-corrected chi connectivity index (χ1v) is 7.69. The lowest BCUT2D eigenvalue weighted by Crippen LogP contribution is -2.25. The maximum atomic E-state index is 11.9. The van der Waals surface area contributed by atoms with Gasteiger partial charge in [0.05, 0.1) is 12.7 Å². The Balaban J connectivity index is 2.81. The van der Waals surface area contributed by atoms with Gasteiger partial charge in [0.25, 0.3) is 0 Å². The van der Waals surface area contributed by atoms with E-state index in [-0.39, 0.29) is 13.0 Å². The number of sulfonamides is 1. The fraction of sp³-hybridized carbons (Fsp3) is 0.357. The second kappa shape index (κ2) is 7.54. The van der Waals surface area contributed by atoms with Gasteiger partial charge in [0.1, 0.15) is 0 Å². The summed E-state index contributed by atoms with van der Waals surface area (Å²) in [5.74, 6) is 5.61. The number of rotatable bonds is 5. The third kappa shape index (κ3) is 4.58. The van der Waals surface area contributed by atoms with Crippen LogP contribution in [0.2, 0.25) is 0 Å². The van der Waals surface area contributed by atoms with Gasteiger partial charge < -0.3 is 5.11 Å². The van der Waals surface area contributed by atoms with E-state index in [0.717, 1.165) is 5.56 Å². The fourth-order valence-corrected chi connectivity index (χ4v) is 2.64. The summed E-state index contributed by atoms with van der Waals surface area (Å²) >= 11 is 0. The van der Waals surface area contributed by atoms with Gasteiger partial charge in [-0.1, -0.05) is 18.8 Å². The summed E-state index contributed by atoms with van der Waals surface area (Å²) < 4.78 is 26.1. The minimum Gasteiger partial charge on any atom is -0.395 e. The number of nitriles is 1. The van der Waals surface area contributed by atoms with Gasteiger partial charge in [-0.2, -0.15) is 5.26 Å². The van der Waals surface area contributed by atoms with Crippen LogP contribution in [0.1, 0.15) is 25.3 Å². The topological polar surface area (TPSA) is 90.2 Å². The Morgan fingerprint density at radius 2 is 2.00 bits per heavy atom. The smallest absolute Gasteiger partial charge is 0.249 e. The summed E-state index contributed by atoms with van der Waals surface area (Å²) in [5, 5.41) is 16.3. The van der Waals surface area contributed by atoms with Crippen LogP contribution in [0.5, 0.6) is 0 Å². The molecule has 0 aromatic heterocycles. The summed E-state index contributed by atoms with van der Waals surface area (Å²) in [6.07, 6.45) is 0.630. The molecule has 106 valence electrons. The maximum absolute atomic E-state index is 11.9. The number of nitrogens with zero attached hydrogens (tertiary/aromatic N) is 1. The van der Waals surface area contributed by atoms with E-state index in [4.69, 9.17) is 10.4 Å². The van der Waals surface area contributed by atoms with Gasteiger partial charge in [-0.15, -0.1) is 0 Å². The standard InChI is InChI=1S/C14H16N2O3S/c1-2-14(11-15)20(18,19)16-13-8-6-12(7-9-13)5-3-4-10-17/h6-9,14,16-17H,2,4,10H2,1H3. The molecule has 5 nitrogen and oxygen atoms in total.